The van der Waals surface area contributed by atoms with Gasteiger partial charge in [-0.1, -0.05) is 71.1 Å². The van der Waals surface area contributed by atoms with Crippen LogP contribution in [0.2, 0.25) is 0 Å². The van der Waals surface area contributed by atoms with E-state index >= 15 is 0 Å². The van der Waals surface area contributed by atoms with E-state index < -0.39 is 0 Å². The molecule has 2 N–H and O–H groups in total. The van der Waals surface area contributed by atoms with Crippen molar-refractivity contribution in [2.24, 2.45) is 28.9 Å². The molecule has 0 amide bonds. The van der Waals surface area contributed by atoms with E-state index in [1.54, 1.807) is 6.42 Å². The van der Waals surface area contributed by atoms with Crippen LogP contribution < -0.4 is 5.73 Å². The zero-order valence-corrected chi connectivity index (χ0v) is 16.9. The van der Waals surface area contributed by atoms with Crippen molar-refractivity contribution in [2.45, 2.75) is 116 Å². The summed E-state index contributed by atoms with van der Waals surface area (Å²) in [6.45, 7) is 2.30. The fourth-order valence-electron chi connectivity index (χ4n) is 6.58. The third kappa shape index (κ3) is 4.91. The van der Waals surface area contributed by atoms with E-state index in [4.69, 9.17) is 5.73 Å². The van der Waals surface area contributed by atoms with Gasteiger partial charge in [-0.05, 0) is 61.7 Å². The molecule has 4 saturated carbocycles. The van der Waals surface area contributed by atoms with Gasteiger partial charge < -0.3 is 5.73 Å². The molecule has 0 aromatic carbocycles. The highest BCUT2D eigenvalue weighted by Crippen LogP contribution is 2.61. The van der Waals surface area contributed by atoms with Crippen molar-refractivity contribution >= 4 is 12.4 Å². The van der Waals surface area contributed by atoms with E-state index in [0.717, 1.165) is 17.8 Å². The van der Waals surface area contributed by atoms with Crippen molar-refractivity contribution in [3.63, 3.8) is 0 Å². The molecule has 1 nitrogen and oxygen atoms in total. The maximum atomic E-state index is 6.72. The van der Waals surface area contributed by atoms with Crippen molar-refractivity contribution in [3.8, 4) is 0 Å². The highest BCUT2D eigenvalue weighted by molar-refractivity contribution is 5.85. The van der Waals surface area contributed by atoms with Crippen LogP contribution in [0.25, 0.3) is 0 Å². The van der Waals surface area contributed by atoms with E-state index in [2.05, 4.69) is 6.92 Å². The average molecular weight is 356 g/mol. The molecule has 0 aromatic heterocycles. The summed E-state index contributed by atoms with van der Waals surface area (Å²) in [5.74, 6) is 3.00. The summed E-state index contributed by atoms with van der Waals surface area (Å²) < 4.78 is 0. The van der Waals surface area contributed by atoms with Crippen molar-refractivity contribution in [3.05, 3.63) is 0 Å². The molecule has 142 valence electrons. The summed E-state index contributed by atoms with van der Waals surface area (Å²) in [4.78, 5) is 0. The van der Waals surface area contributed by atoms with Crippen LogP contribution in [0.4, 0.5) is 0 Å². The third-order valence-electron chi connectivity index (χ3n) is 7.57. The molecule has 0 spiro atoms. The Morgan fingerprint density at radius 3 is 1.79 bits per heavy atom. The molecule has 4 fully saturated rings. The standard InChI is InChI=1S/C22H41N.ClH/c1-2-3-4-5-6-7-8-9-10-11-12-22-16-18-13-19(17-22)15-20(14-18)21(22)23;/h18-21H,2-17,23H2,1H3;1H/t18-,19+,20?,21?,22?;. The number of rotatable bonds is 11. The number of hydrogen-bond acceptors (Lipinski definition) is 1. The fraction of sp³-hybridized carbons (Fsp3) is 1.00. The fourth-order valence-corrected chi connectivity index (χ4v) is 6.58. The monoisotopic (exact) mass is 355 g/mol. The highest BCUT2D eigenvalue weighted by atomic mass is 35.5. The number of halogens is 1. The molecular formula is C22H42ClN. The Morgan fingerprint density at radius 1 is 0.750 bits per heavy atom. The van der Waals surface area contributed by atoms with Crippen LogP contribution in [-0.2, 0) is 0 Å². The van der Waals surface area contributed by atoms with Crippen LogP contribution >= 0.6 is 12.4 Å². The second kappa shape index (κ2) is 9.81. The number of nitrogens with two attached hydrogens (primary N) is 1. The van der Waals surface area contributed by atoms with Gasteiger partial charge in [0.25, 0.3) is 0 Å². The minimum absolute atomic E-state index is 0. The Kier molecular flexibility index (Phi) is 8.41. The second-order valence-corrected chi connectivity index (χ2v) is 9.43. The van der Waals surface area contributed by atoms with Crippen LogP contribution in [0.3, 0.4) is 0 Å². The first-order valence-electron chi connectivity index (χ1n) is 11.0. The highest BCUT2D eigenvalue weighted by Gasteiger charge is 2.54. The lowest BCUT2D eigenvalue weighted by Gasteiger charge is -2.60. The van der Waals surface area contributed by atoms with Gasteiger partial charge in [-0.2, -0.15) is 0 Å². The van der Waals surface area contributed by atoms with E-state index in [1.165, 1.54) is 96.3 Å². The minimum atomic E-state index is 0. The molecule has 4 bridgehead atoms. The molecular weight excluding hydrogens is 314 g/mol. The summed E-state index contributed by atoms with van der Waals surface area (Å²) in [5.41, 5.74) is 7.30. The first-order chi connectivity index (χ1) is 11.2. The molecule has 24 heavy (non-hydrogen) atoms. The molecule has 0 aliphatic heterocycles. The molecule has 3 unspecified atom stereocenters. The number of hydrogen-bond donors (Lipinski definition) is 1. The van der Waals surface area contributed by atoms with Gasteiger partial charge in [0.15, 0.2) is 0 Å². The van der Waals surface area contributed by atoms with E-state index in [1.807, 2.05) is 0 Å². The topological polar surface area (TPSA) is 26.0 Å². The van der Waals surface area contributed by atoms with Crippen LogP contribution in [-0.4, -0.2) is 6.04 Å². The average Bonchev–Trinajstić information content (AvgIpc) is 2.53. The zero-order valence-electron chi connectivity index (χ0n) is 16.1. The maximum absolute atomic E-state index is 6.72. The molecule has 0 radical (unpaired) electrons. The molecule has 4 rings (SSSR count). The minimum Gasteiger partial charge on any atom is -0.327 e. The summed E-state index contributed by atoms with van der Waals surface area (Å²) in [6, 6.07) is 0.550. The van der Waals surface area contributed by atoms with Crippen molar-refractivity contribution in [2.75, 3.05) is 0 Å². The van der Waals surface area contributed by atoms with Crippen LogP contribution in [0.5, 0.6) is 0 Å². The zero-order chi connectivity index (χ0) is 16.1. The normalized spacial score (nSPS) is 36.8. The molecule has 4 aliphatic rings. The molecule has 5 atom stereocenters. The predicted molar refractivity (Wildman–Crippen MR) is 108 cm³/mol. The summed E-state index contributed by atoms with van der Waals surface area (Å²) >= 11 is 0. The lowest BCUT2D eigenvalue weighted by molar-refractivity contribution is -0.0773. The van der Waals surface area contributed by atoms with Gasteiger partial charge in [0.1, 0.15) is 0 Å². The molecule has 0 saturated heterocycles. The Morgan fingerprint density at radius 2 is 1.25 bits per heavy atom. The summed E-state index contributed by atoms with van der Waals surface area (Å²) in [5, 5.41) is 0. The summed E-state index contributed by atoms with van der Waals surface area (Å²) in [7, 11) is 0. The smallest absolute Gasteiger partial charge is 0.0124 e. The predicted octanol–water partition coefficient (Wildman–Crippen LogP) is 6.87. The molecule has 2 heteroatoms. The van der Waals surface area contributed by atoms with E-state index in [-0.39, 0.29) is 12.4 Å². The Bertz CT molecular complexity index is 342. The SMILES string of the molecule is CCCCCCCCCCCCC12C[C@@H]3CC(C[C@@H](C3)C1)C2N.Cl. The van der Waals surface area contributed by atoms with Crippen LogP contribution in [0, 0.1) is 23.2 Å². The second-order valence-electron chi connectivity index (χ2n) is 9.43. The van der Waals surface area contributed by atoms with E-state index in [0.29, 0.717) is 11.5 Å². The lowest BCUT2D eigenvalue weighted by atomic mass is 9.46. The quantitative estimate of drug-likeness (QED) is 0.402. The molecule has 0 heterocycles. The van der Waals surface area contributed by atoms with Gasteiger partial charge in [0, 0.05) is 6.04 Å². The first-order valence-corrected chi connectivity index (χ1v) is 11.0. The van der Waals surface area contributed by atoms with Gasteiger partial charge in [-0.15, -0.1) is 12.4 Å². The van der Waals surface area contributed by atoms with E-state index in [9.17, 15) is 0 Å². The van der Waals surface area contributed by atoms with Crippen LogP contribution in [0.15, 0.2) is 0 Å². The molecule has 0 aromatic rings. The van der Waals surface area contributed by atoms with Gasteiger partial charge in [-0.3, -0.25) is 0 Å². The van der Waals surface area contributed by atoms with Gasteiger partial charge in [0.2, 0.25) is 0 Å². The molecule has 4 aliphatic carbocycles. The summed E-state index contributed by atoms with van der Waals surface area (Å²) in [6.07, 6.45) is 23.4. The van der Waals surface area contributed by atoms with Gasteiger partial charge in [-0.25, -0.2) is 0 Å². The van der Waals surface area contributed by atoms with Crippen molar-refractivity contribution in [1.82, 2.24) is 0 Å². The third-order valence-corrected chi connectivity index (χ3v) is 7.57. The lowest BCUT2D eigenvalue weighted by Crippen LogP contribution is -2.59. The first kappa shape index (κ1) is 20.6. The van der Waals surface area contributed by atoms with Crippen LogP contribution in [0.1, 0.15) is 110 Å². The Balaban J connectivity index is 0.00000208. The van der Waals surface area contributed by atoms with Gasteiger partial charge >= 0.3 is 0 Å². The van der Waals surface area contributed by atoms with Crippen molar-refractivity contribution in [1.29, 1.82) is 0 Å². The largest absolute Gasteiger partial charge is 0.327 e. The van der Waals surface area contributed by atoms with Crippen molar-refractivity contribution < 1.29 is 0 Å². The maximum Gasteiger partial charge on any atom is 0.0124 e. The van der Waals surface area contributed by atoms with Gasteiger partial charge in [0.05, 0.1) is 0 Å². The Hall–Kier alpha value is 0.250. The Labute approximate surface area is 157 Å². The number of unbranched alkanes of at least 4 members (excludes halogenated alkanes) is 9.